The lowest BCUT2D eigenvalue weighted by Crippen LogP contribution is -2.41. The molecule has 2 aromatic rings. The van der Waals surface area contributed by atoms with Gasteiger partial charge >= 0.3 is 13.3 Å². The van der Waals surface area contributed by atoms with Crippen LogP contribution in [0.1, 0.15) is 50.5 Å². The molecule has 7 heteroatoms. The average Bonchev–Trinajstić information content (AvgIpc) is 3.12. The SMILES string of the molecule is CC1(C)OB(c2cccc(C3Cc4cc(C(F)(F)F)ccc4O3)c2)OC1(C)C. The summed E-state index contributed by atoms with van der Waals surface area (Å²) < 4.78 is 57.0. The van der Waals surface area contributed by atoms with E-state index in [1.54, 1.807) is 0 Å². The van der Waals surface area contributed by atoms with E-state index in [2.05, 4.69) is 0 Å². The van der Waals surface area contributed by atoms with Gasteiger partial charge in [0.1, 0.15) is 11.9 Å². The van der Waals surface area contributed by atoms with Crippen molar-refractivity contribution in [2.75, 3.05) is 0 Å². The summed E-state index contributed by atoms with van der Waals surface area (Å²) in [6.45, 7) is 7.97. The lowest BCUT2D eigenvalue weighted by molar-refractivity contribution is -0.137. The molecule has 3 nitrogen and oxygen atoms in total. The standard InChI is InChI=1S/C21H22BF3O3/c1-19(2)20(3,4)28-22(27-19)16-7-5-6-13(11-16)18-12-14-10-15(21(23,24)25)8-9-17(14)26-18/h5-11,18H,12H2,1-4H3. The maximum absolute atomic E-state index is 13.0. The molecule has 0 bridgehead atoms. The molecule has 0 aliphatic carbocycles. The van der Waals surface area contributed by atoms with Crippen LogP contribution < -0.4 is 10.2 Å². The third-order valence-electron chi connectivity index (χ3n) is 5.87. The van der Waals surface area contributed by atoms with Crippen molar-refractivity contribution < 1.29 is 27.2 Å². The zero-order valence-electron chi connectivity index (χ0n) is 16.3. The molecule has 1 fully saturated rings. The molecule has 0 spiro atoms. The second kappa shape index (κ2) is 6.26. The van der Waals surface area contributed by atoms with E-state index in [9.17, 15) is 13.2 Å². The molecule has 0 N–H and O–H groups in total. The molecule has 148 valence electrons. The van der Waals surface area contributed by atoms with E-state index in [-0.39, 0.29) is 6.10 Å². The lowest BCUT2D eigenvalue weighted by atomic mass is 9.78. The monoisotopic (exact) mass is 390 g/mol. The van der Waals surface area contributed by atoms with Crippen molar-refractivity contribution in [2.45, 2.75) is 57.6 Å². The number of benzene rings is 2. The van der Waals surface area contributed by atoms with Crippen molar-refractivity contribution in [1.29, 1.82) is 0 Å². The van der Waals surface area contributed by atoms with Crippen molar-refractivity contribution in [1.82, 2.24) is 0 Å². The van der Waals surface area contributed by atoms with Crippen molar-refractivity contribution >= 4 is 12.6 Å². The van der Waals surface area contributed by atoms with Gasteiger partial charge in [-0.1, -0.05) is 24.3 Å². The first kappa shape index (κ1) is 19.3. The molecule has 4 rings (SSSR count). The zero-order valence-corrected chi connectivity index (χ0v) is 16.3. The first-order valence-corrected chi connectivity index (χ1v) is 9.28. The van der Waals surface area contributed by atoms with Crippen LogP contribution in [0.5, 0.6) is 5.75 Å². The number of hydrogen-bond acceptors (Lipinski definition) is 3. The fourth-order valence-electron chi connectivity index (χ4n) is 3.50. The van der Waals surface area contributed by atoms with Crippen LogP contribution in [0.2, 0.25) is 0 Å². The molecule has 0 radical (unpaired) electrons. The molecule has 28 heavy (non-hydrogen) atoms. The summed E-state index contributed by atoms with van der Waals surface area (Å²) in [5.74, 6) is 0.499. The van der Waals surface area contributed by atoms with Gasteiger partial charge in [-0.3, -0.25) is 0 Å². The Labute approximate surface area is 162 Å². The van der Waals surface area contributed by atoms with Crippen LogP contribution in [0.4, 0.5) is 13.2 Å². The average molecular weight is 390 g/mol. The molecule has 2 aliphatic rings. The predicted molar refractivity (Wildman–Crippen MR) is 101 cm³/mol. The Hall–Kier alpha value is -1.99. The van der Waals surface area contributed by atoms with Gasteiger partial charge in [0.05, 0.1) is 16.8 Å². The van der Waals surface area contributed by atoms with Crippen molar-refractivity contribution in [3.63, 3.8) is 0 Å². The van der Waals surface area contributed by atoms with Gasteiger partial charge in [-0.15, -0.1) is 0 Å². The highest BCUT2D eigenvalue weighted by atomic mass is 19.4. The largest absolute Gasteiger partial charge is 0.494 e. The topological polar surface area (TPSA) is 27.7 Å². The van der Waals surface area contributed by atoms with Gasteiger partial charge < -0.3 is 14.0 Å². The van der Waals surface area contributed by atoms with Gasteiger partial charge in [0.15, 0.2) is 0 Å². The predicted octanol–water partition coefficient (Wildman–Crippen LogP) is 4.68. The number of alkyl halides is 3. The lowest BCUT2D eigenvalue weighted by Gasteiger charge is -2.32. The van der Waals surface area contributed by atoms with E-state index >= 15 is 0 Å². The van der Waals surface area contributed by atoms with E-state index in [1.165, 1.54) is 12.1 Å². The Balaban J connectivity index is 1.56. The smallest absolute Gasteiger partial charge is 0.485 e. The van der Waals surface area contributed by atoms with Crippen molar-refractivity contribution in [2.24, 2.45) is 0 Å². The quantitative estimate of drug-likeness (QED) is 0.697. The molecule has 0 saturated carbocycles. The van der Waals surface area contributed by atoms with Crippen LogP contribution in [0.3, 0.4) is 0 Å². The first-order valence-electron chi connectivity index (χ1n) is 9.28. The van der Waals surface area contributed by atoms with Gasteiger partial charge in [-0.2, -0.15) is 13.2 Å². The highest BCUT2D eigenvalue weighted by Crippen LogP contribution is 2.40. The maximum Gasteiger partial charge on any atom is 0.494 e. The number of hydrogen-bond donors (Lipinski definition) is 0. The Morgan fingerprint density at radius 2 is 1.64 bits per heavy atom. The Kier molecular flexibility index (Phi) is 4.32. The summed E-state index contributed by atoms with van der Waals surface area (Å²) in [6.07, 6.45) is -4.29. The minimum Gasteiger partial charge on any atom is -0.485 e. The van der Waals surface area contributed by atoms with Crippen LogP contribution in [-0.2, 0) is 21.9 Å². The Morgan fingerprint density at radius 3 is 2.29 bits per heavy atom. The summed E-state index contributed by atoms with van der Waals surface area (Å²) >= 11 is 0. The van der Waals surface area contributed by atoms with Crippen molar-refractivity contribution in [3.05, 3.63) is 59.2 Å². The van der Waals surface area contributed by atoms with E-state index < -0.39 is 30.1 Å². The molecule has 0 aromatic heterocycles. The third kappa shape index (κ3) is 3.31. The highest BCUT2D eigenvalue weighted by molar-refractivity contribution is 6.62. The molecular weight excluding hydrogens is 368 g/mol. The normalized spacial score (nSPS) is 22.8. The van der Waals surface area contributed by atoms with Gasteiger partial charge in [-0.25, -0.2) is 0 Å². The third-order valence-corrected chi connectivity index (χ3v) is 5.87. The van der Waals surface area contributed by atoms with Crippen LogP contribution in [0, 0.1) is 0 Å². The van der Waals surface area contributed by atoms with E-state index in [4.69, 9.17) is 14.0 Å². The number of ether oxygens (including phenoxy) is 1. The molecule has 0 amide bonds. The molecular formula is C21H22BF3O3. The van der Waals surface area contributed by atoms with E-state index in [0.717, 1.165) is 17.1 Å². The molecule has 2 aliphatic heterocycles. The maximum atomic E-state index is 13.0. The van der Waals surface area contributed by atoms with Crippen LogP contribution in [0.25, 0.3) is 0 Å². The van der Waals surface area contributed by atoms with E-state index in [1.807, 2.05) is 52.0 Å². The van der Waals surface area contributed by atoms with Gasteiger partial charge in [0.2, 0.25) is 0 Å². The van der Waals surface area contributed by atoms with E-state index in [0.29, 0.717) is 17.7 Å². The molecule has 2 heterocycles. The summed E-state index contributed by atoms with van der Waals surface area (Å²) in [4.78, 5) is 0. The second-order valence-electron chi connectivity index (χ2n) is 8.39. The summed E-state index contributed by atoms with van der Waals surface area (Å²) in [5.41, 5.74) is 0.787. The summed E-state index contributed by atoms with van der Waals surface area (Å²) in [5, 5.41) is 0. The fourth-order valence-corrected chi connectivity index (χ4v) is 3.50. The zero-order chi connectivity index (χ0) is 20.3. The minimum atomic E-state index is -4.36. The first-order chi connectivity index (χ1) is 13.0. The van der Waals surface area contributed by atoms with Crippen LogP contribution in [0.15, 0.2) is 42.5 Å². The summed E-state index contributed by atoms with van der Waals surface area (Å²) in [6, 6.07) is 11.3. The van der Waals surface area contributed by atoms with Crippen LogP contribution >= 0.6 is 0 Å². The van der Waals surface area contributed by atoms with Gasteiger partial charge in [-0.05, 0) is 62.5 Å². The Morgan fingerprint density at radius 1 is 0.964 bits per heavy atom. The van der Waals surface area contributed by atoms with Crippen molar-refractivity contribution in [3.8, 4) is 5.75 Å². The van der Waals surface area contributed by atoms with Gasteiger partial charge in [0.25, 0.3) is 0 Å². The van der Waals surface area contributed by atoms with Gasteiger partial charge in [0, 0.05) is 6.42 Å². The molecule has 1 unspecified atom stereocenters. The second-order valence-corrected chi connectivity index (χ2v) is 8.39. The van der Waals surface area contributed by atoms with Crippen LogP contribution in [-0.4, -0.2) is 18.3 Å². The number of halogens is 3. The molecule has 1 saturated heterocycles. The fraction of sp³-hybridized carbons (Fsp3) is 0.429. The number of rotatable bonds is 2. The highest BCUT2D eigenvalue weighted by Gasteiger charge is 2.51. The Bertz CT molecular complexity index is 892. The molecule has 1 atom stereocenters. The number of fused-ring (bicyclic) bond motifs is 1. The minimum absolute atomic E-state index is 0.333. The molecule has 2 aromatic carbocycles. The summed E-state index contributed by atoms with van der Waals surface area (Å²) in [7, 11) is -0.495.